The molecular formula is C19H21N5O3. The van der Waals surface area contributed by atoms with E-state index in [1.807, 2.05) is 38.1 Å². The van der Waals surface area contributed by atoms with Crippen LogP contribution >= 0.6 is 0 Å². The number of carbonyl (C=O) groups excluding carboxylic acids is 1. The monoisotopic (exact) mass is 367 g/mol. The number of amides is 1. The number of aliphatic carboxylic acids is 1. The summed E-state index contributed by atoms with van der Waals surface area (Å²) in [5, 5.41) is 19.2. The molecule has 2 aromatic heterocycles. The van der Waals surface area contributed by atoms with E-state index in [1.165, 1.54) is 4.90 Å². The summed E-state index contributed by atoms with van der Waals surface area (Å²) in [6, 6.07) is 7.60. The summed E-state index contributed by atoms with van der Waals surface area (Å²) in [5.41, 5.74) is 1.50. The Bertz CT molecular complexity index is 991. The molecule has 0 aliphatic carbocycles. The molecule has 140 valence electrons. The fourth-order valence-electron chi connectivity index (χ4n) is 3.02. The first-order valence-corrected chi connectivity index (χ1v) is 8.65. The lowest BCUT2D eigenvalue weighted by Crippen LogP contribution is -2.38. The van der Waals surface area contributed by atoms with Gasteiger partial charge in [0, 0.05) is 29.7 Å². The standard InChI is InChI=1S/C19H21N5O3/c1-12(2)10-23(11-17(25)26)19(27)18-13(3)24(22-21-18)16-6-4-5-14-9-20-8-7-15(14)16/h4-9,12H,10-11H2,1-3H3,(H,25,26). The van der Waals surface area contributed by atoms with Crippen molar-refractivity contribution in [3.63, 3.8) is 0 Å². The number of fused-ring (bicyclic) bond motifs is 1. The van der Waals surface area contributed by atoms with E-state index in [1.54, 1.807) is 24.0 Å². The zero-order chi connectivity index (χ0) is 19.6. The zero-order valence-corrected chi connectivity index (χ0v) is 15.5. The Kier molecular flexibility index (Phi) is 5.16. The molecule has 0 aliphatic heterocycles. The number of rotatable bonds is 6. The van der Waals surface area contributed by atoms with Crippen LogP contribution in [0.3, 0.4) is 0 Å². The topological polar surface area (TPSA) is 101 Å². The highest BCUT2D eigenvalue weighted by Gasteiger charge is 2.25. The Morgan fingerprint density at radius 2 is 2.04 bits per heavy atom. The van der Waals surface area contributed by atoms with Crippen LogP contribution in [0.1, 0.15) is 30.0 Å². The predicted octanol–water partition coefficient (Wildman–Crippen LogP) is 2.31. The summed E-state index contributed by atoms with van der Waals surface area (Å²) >= 11 is 0. The van der Waals surface area contributed by atoms with Crippen LogP contribution in [0.4, 0.5) is 0 Å². The lowest BCUT2D eigenvalue weighted by atomic mass is 10.1. The van der Waals surface area contributed by atoms with E-state index in [9.17, 15) is 9.59 Å². The maximum atomic E-state index is 12.9. The maximum absolute atomic E-state index is 12.9. The number of carboxylic acids is 1. The number of aromatic nitrogens is 4. The summed E-state index contributed by atoms with van der Waals surface area (Å²) in [6.45, 7) is 5.56. The lowest BCUT2D eigenvalue weighted by Gasteiger charge is -2.21. The van der Waals surface area contributed by atoms with E-state index >= 15 is 0 Å². The highest BCUT2D eigenvalue weighted by molar-refractivity contribution is 5.95. The van der Waals surface area contributed by atoms with E-state index in [4.69, 9.17) is 5.11 Å². The molecule has 0 saturated carbocycles. The Labute approximate surface area is 156 Å². The van der Waals surface area contributed by atoms with Gasteiger partial charge >= 0.3 is 5.97 Å². The van der Waals surface area contributed by atoms with Crippen molar-refractivity contribution in [2.75, 3.05) is 13.1 Å². The zero-order valence-electron chi connectivity index (χ0n) is 15.5. The molecule has 1 amide bonds. The molecule has 0 aliphatic rings. The van der Waals surface area contributed by atoms with Gasteiger partial charge in [0.2, 0.25) is 0 Å². The average Bonchev–Trinajstić information content (AvgIpc) is 3.00. The number of hydrogen-bond donors (Lipinski definition) is 1. The molecule has 1 N–H and O–H groups in total. The predicted molar refractivity (Wildman–Crippen MR) is 99.8 cm³/mol. The number of carboxylic acid groups (broad SMARTS) is 1. The molecule has 8 nitrogen and oxygen atoms in total. The molecule has 3 rings (SSSR count). The second-order valence-corrected chi connectivity index (χ2v) is 6.78. The molecule has 0 spiro atoms. The molecule has 0 radical (unpaired) electrons. The quantitative estimate of drug-likeness (QED) is 0.717. The minimum Gasteiger partial charge on any atom is -0.480 e. The number of carbonyl (C=O) groups is 2. The smallest absolute Gasteiger partial charge is 0.323 e. The van der Waals surface area contributed by atoms with Gasteiger partial charge in [0.15, 0.2) is 5.69 Å². The first kappa shape index (κ1) is 18.5. The molecular weight excluding hydrogens is 346 g/mol. The van der Waals surface area contributed by atoms with Gasteiger partial charge in [-0.25, -0.2) is 4.68 Å². The van der Waals surface area contributed by atoms with Gasteiger partial charge in [-0.1, -0.05) is 31.2 Å². The average molecular weight is 367 g/mol. The summed E-state index contributed by atoms with van der Waals surface area (Å²) in [5.74, 6) is -1.36. The van der Waals surface area contributed by atoms with Gasteiger partial charge in [-0.2, -0.15) is 0 Å². The summed E-state index contributed by atoms with van der Waals surface area (Å²) < 4.78 is 1.60. The largest absolute Gasteiger partial charge is 0.480 e. The Balaban J connectivity index is 2.01. The SMILES string of the molecule is Cc1c(C(=O)N(CC(=O)O)CC(C)C)nnn1-c1cccc2cnccc12. The highest BCUT2D eigenvalue weighted by Crippen LogP contribution is 2.23. The van der Waals surface area contributed by atoms with Gasteiger partial charge in [0.25, 0.3) is 5.91 Å². The highest BCUT2D eigenvalue weighted by atomic mass is 16.4. The van der Waals surface area contributed by atoms with E-state index in [-0.39, 0.29) is 18.2 Å². The Morgan fingerprint density at radius 3 is 2.74 bits per heavy atom. The van der Waals surface area contributed by atoms with Crippen LogP contribution in [0, 0.1) is 12.8 Å². The summed E-state index contributed by atoms with van der Waals surface area (Å²) in [6.07, 6.45) is 3.45. The van der Waals surface area contributed by atoms with Crippen LogP contribution in [0.15, 0.2) is 36.7 Å². The van der Waals surface area contributed by atoms with Crippen LogP contribution in [-0.2, 0) is 4.79 Å². The molecule has 27 heavy (non-hydrogen) atoms. The number of pyridine rings is 1. The molecule has 8 heteroatoms. The second-order valence-electron chi connectivity index (χ2n) is 6.78. The minimum absolute atomic E-state index is 0.134. The first-order chi connectivity index (χ1) is 12.9. The molecule has 0 bridgehead atoms. The molecule has 1 aromatic carbocycles. The van der Waals surface area contributed by atoms with Crippen LogP contribution in [0.2, 0.25) is 0 Å². The number of benzene rings is 1. The van der Waals surface area contributed by atoms with Gasteiger partial charge in [-0.3, -0.25) is 14.6 Å². The Morgan fingerprint density at radius 1 is 1.26 bits per heavy atom. The van der Waals surface area contributed by atoms with Crippen LogP contribution in [0.5, 0.6) is 0 Å². The van der Waals surface area contributed by atoms with Crippen molar-refractivity contribution in [2.45, 2.75) is 20.8 Å². The van der Waals surface area contributed by atoms with Gasteiger partial charge in [0.05, 0.1) is 11.4 Å². The third-order valence-corrected chi connectivity index (χ3v) is 4.18. The molecule has 0 saturated heterocycles. The van der Waals surface area contributed by atoms with Crippen molar-refractivity contribution in [3.05, 3.63) is 48.0 Å². The molecule has 0 fully saturated rings. The van der Waals surface area contributed by atoms with E-state index in [0.29, 0.717) is 12.2 Å². The normalized spacial score (nSPS) is 11.1. The number of hydrogen-bond acceptors (Lipinski definition) is 5. The van der Waals surface area contributed by atoms with Crippen LogP contribution in [0.25, 0.3) is 16.5 Å². The number of nitrogens with zero attached hydrogens (tertiary/aromatic N) is 5. The van der Waals surface area contributed by atoms with Crippen molar-refractivity contribution in [1.82, 2.24) is 24.9 Å². The van der Waals surface area contributed by atoms with Crippen molar-refractivity contribution in [2.24, 2.45) is 5.92 Å². The molecule has 0 atom stereocenters. The summed E-state index contributed by atoms with van der Waals surface area (Å²) in [4.78, 5) is 29.4. The van der Waals surface area contributed by atoms with Crippen molar-refractivity contribution >= 4 is 22.6 Å². The van der Waals surface area contributed by atoms with Crippen LogP contribution < -0.4 is 0 Å². The van der Waals surface area contributed by atoms with E-state index in [2.05, 4.69) is 15.3 Å². The van der Waals surface area contributed by atoms with E-state index in [0.717, 1.165) is 16.5 Å². The van der Waals surface area contributed by atoms with Gasteiger partial charge in [-0.05, 0) is 25.0 Å². The summed E-state index contributed by atoms with van der Waals surface area (Å²) in [7, 11) is 0. The maximum Gasteiger partial charge on any atom is 0.323 e. The lowest BCUT2D eigenvalue weighted by molar-refractivity contribution is -0.137. The molecule has 3 aromatic rings. The van der Waals surface area contributed by atoms with Crippen molar-refractivity contribution in [1.29, 1.82) is 0 Å². The Hall–Kier alpha value is -3.29. The molecule has 0 unspecified atom stereocenters. The van der Waals surface area contributed by atoms with Crippen molar-refractivity contribution < 1.29 is 14.7 Å². The van der Waals surface area contributed by atoms with Crippen LogP contribution in [-0.4, -0.2) is 55.0 Å². The second kappa shape index (κ2) is 7.53. The molecule has 2 heterocycles. The van der Waals surface area contributed by atoms with Gasteiger partial charge in [0.1, 0.15) is 6.54 Å². The van der Waals surface area contributed by atoms with Crippen molar-refractivity contribution in [3.8, 4) is 5.69 Å². The minimum atomic E-state index is -1.06. The third kappa shape index (κ3) is 3.79. The fourth-order valence-corrected chi connectivity index (χ4v) is 3.02. The van der Waals surface area contributed by atoms with E-state index < -0.39 is 11.9 Å². The van der Waals surface area contributed by atoms with Gasteiger partial charge in [-0.15, -0.1) is 5.10 Å². The van der Waals surface area contributed by atoms with Gasteiger partial charge < -0.3 is 10.0 Å². The first-order valence-electron chi connectivity index (χ1n) is 8.65. The fraction of sp³-hybridized carbons (Fsp3) is 0.316. The third-order valence-electron chi connectivity index (χ3n) is 4.18.